The molecule has 0 spiro atoms. The number of hydrogen-bond acceptors (Lipinski definition) is 3. The number of rotatable bonds is 5. The Bertz CT molecular complexity index is 227. The molecule has 0 aromatic heterocycles. The zero-order valence-electron chi connectivity index (χ0n) is 12.2. The highest BCUT2D eigenvalue weighted by atomic mass is 32.2. The molecule has 3 heteroatoms. The summed E-state index contributed by atoms with van der Waals surface area (Å²) in [6.45, 7) is 9.88. The molecule has 1 N–H and O–H groups in total. The third-order valence-corrected chi connectivity index (χ3v) is 5.44. The first-order chi connectivity index (χ1) is 8.79. The van der Waals surface area contributed by atoms with Crippen molar-refractivity contribution < 1.29 is 0 Å². The summed E-state index contributed by atoms with van der Waals surface area (Å²) in [6.07, 6.45) is 5.52. The Hall–Kier alpha value is 0.270. The molecule has 1 aliphatic heterocycles. The van der Waals surface area contributed by atoms with E-state index >= 15 is 0 Å². The average molecular weight is 270 g/mol. The van der Waals surface area contributed by atoms with Crippen LogP contribution < -0.4 is 5.32 Å². The van der Waals surface area contributed by atoms with Crippen LogP contribution in [0.25, 0.3) is 0 Å². The quantitative estimate of drug-likeness (QED) is 0.827. The van der Waals surface area contributed by atoms with Gasteiger partial charge in [0.2, 0.25) is 0 Å². The van der Waals surface area contributed by atoms with Crippen molar-refractivity contribution in [1.82, 2.24) is 10.2 Å². The molecule has 2 rings (SSSR count). The van der Waals surface area contributed by atoms with E-state index in [-0.39, 0.29) is 0 Å². The third-order valence-electron chi connectivity index (χ3n) is 4.50. The van der Waals surface area contributed by atoms with Crippen molar-refractivity contribution >= 4 is 11.8 Å². The SMILES string of the molecule is CCCNC1CCC(C)CC1CN1CCSCC1. The van der Waals surface area contributed by atoms with E-state index in [0.717, 1.165) is 17.9 Å². The van der Waals surface area contributed by atoms with Crippen molar-refractivity contribution in [1.29, 1.82) is 0 Å². The maximum Gasteiger partial charge on any atom is 0.0108 e. The molecule has 1 aliphatic carbocycles. The molecule has 0 radical (unpaired) electrons. The molecule has 3 atom stereocenters. The van der Waals surface area contributed by atoms with Gasteiger partial charge < -0.3 is 10.2 Å². The smallest absolute Gasteiger partial charge is 0.0108 e. The normalized spacial score (nSPS) is 34.7. The van der Waals surface area contributed by atoms with E-state index in [4.69, 9.17) is 0 Å². The van der Waals surface area contributed by atoms with Crippen LogP contribution in [-0.4, -0.2) is 48.6 Å². The first-order valence-electron chi connectivity index (χ1n) is 7.83. The molecule has 106 valence electrons. The van der Waals surface area contributed by atoms with Gasteiger partial charge in [-0.05, 0) is 44.1 Å². The van der Waals surface area contributed by atoms with Crippen LogP contribution in [0.5, 0.6) is 0 Å². The minimum Gasteiger partial charge on any atom is -0.314 e. The predicted octanol–water partition coefficient (Wildman–Crippen LogP) is 2.84. The highest BCUT2D eigenvalue weighted by Crippen LogP contribution is 2.30. The topological polar surface area (TPSA) is 15.3 Å². The zero-order valence-corrected chi connectivity index (χ0v) is 13.0. The lowest BCUT2D eigenvalue weighted by Crippen LogP contribution is -2.47. The first-order valence-corrected chi connectivity index (χ1v) is 8.98. The summed E-state index contributed by atoms with van der Waals surface area (Å²) in [5.41, 5.74) is 0. The summed E-state index contributed by atoms with van der Waals surface area (Å²) < 4.78 is 0. The molecule has 2 nitrogen and oxygen atoms in total. The van der Waals surface area contributed by atoms with Gasteiger partial charge in [0.25, 0.3) is 0 Å². The van der Waals surface area contributed by atoms with E-state index in [1.165, 1.54) is 63.4 Å². The van der Waals surface area contributed by atoms with Crippen LogP contribution in [0.1, 0.15) is 39.5 Å². The molecular weight excluding hydrogens is 240 g/mol. The van der Waals surface area contributed by atoms with Crippen molar-refractivity contribution in [3.05, 3.63) is 0 Å². The summed E-state index contributed by atoms with van der Waals surface area (Å²) in [5.74, 6) is 4.52. The standard InChI is InChI=1S/C15H30N2S/c1-3-6-16-15-5-4-13(2)11-14(15)12-17-7-9-18-10-8-17/h13-16H,3-12H2,1-2H3. The maximum atomic E-state index is 3.80. The molecule has 1 saturated heterocycles. The molecule has 0 aromatic carbocycles. The molecule has 2 aliphatic rings. The molecule has 1 heterocycles. The van der Waals surface area contributed by atoms with Gasteiger partial charge in [-0.15, -0.1) is 0 Å². The van der Waals surface area contributed by atoms with Crippen LogP contribution in [0.4, 0.5) is 0 Å². The van der Waals surface area contributed by atoms with E-state index in [1.807, 2.05) is 0 Å². The largest absolute Gasteiger partial charge is 0.314 e. The molecule has 3 unspecified atom stereocenters. The number of nitrogens with one attached hydrogen (secondary N) is 1. The van der Waals surface area contributed by atoms with Gasteiger partial charge >= 0.3 is 0 Å². The van der Waals surface area contributed by atoms with Gasteiger partial charge in [0.15, 0.2) is 0 Å². The third kappa shape index (κ3) is 4.43. The lowest BCUT2D eigenvalue weighted by molar-refractivity contribution is 0.151. The summed E-state index contributed by atoms with van der Waals surface area (Å²) in [7, 11) is 0. The molecule has 18 heavy (non-hydrogen) atoms. The van der Waals surface area contributed by atoms with E-state index < -0.39 is 0 Å². The Kier molecular flexibility index (Phi) is 6.33. The molecule has 1 saturated carbocycles. The van der Waals surface area contributed by atoms with Crippen LogP contribution in [0.2, 0.25) is 0 Å². The van der Waals surface area contributed by atoms with Crippen LogP contribution in [-0.2, 0) is 0 Å². The Morgan fingerprint density at radius 3 is 2.72 bits per heavy atom. The van der Waals surface area contributed by atoms with Crippen LogP contribution in [0.3, 0.4) is 0 Å². The van der Waals surface area contributed by atoms with Gasteiger partial charge in [-0.2, -0.15) is 11.8 Å². The lowest BCUT2D eigenvalue weighted by atomic mass is 9.78. The Labute approximate surface area is 117 Å². The number of hydrogen-bond donors (Lipinski definition) is 1. The van der Waals surface area contributed by atoms with Gasteiger partial charge in [-0.1, -0.05) is 13.8 Å². The van der Waals surface area contributed by atoms with Gasteiger partial charge in [0.1, 0.15) is 0 Å². The van der Waals surface area contributed by atoms with Crippen molar-refractivity contribution in [2.45, 2.75) is 45.6 Å². The Morgan fingerprint density at radius 2 is 2.00 bits per heavy atom. The van der Waals surface area contributed by atoms with Crippen molar-refractivity contribution in [3.63, 3.8) is 0 Å². The van der Waals surface area contributed by atoms with E-state index in [1.54, 1.807) is 0 Å². The van der Waals surface area contributed by atoms with Gasteiger partial charge in [-0.3, -0.25) is 0 Å². The van der Waals surface area contributed by atoms with E-state index in [2.05, 4.69) is 35.8 Å². The Balaban J connectivity index is 1.83. The second-order valence-electron chi connectivity index (χ2n) is 6.15. The maximum absolute atomic E-state index is 3.80. The predicted molar refractivity (Wildman–Crippen MR) is 82.4 cm³/mol. The lowest BCUT2D eigenvalue weighted by Gasteiger charge is -2.39. The fourth-order valence-electron chi connectivity index (χ4n) is 3.41. The summed E-state index contributed by atoms with van der Waals surface area (Å²) >= 11 is 2.12. The fraction of sp³-hybridized carbons (Fsp3) is 1.00. The zero-order chi connectivity index (χ0) is 12.8. The summed E-state index contributed by atoms with van der Waals surface area (Å²) in [6, 6.07) is 0.788. The minimum atomic E-state index is 0.788. The van der Waals surface area contributed by atoms with E-state index in [9.17, 15) is 0 Å². The van der Waals surface area contributed by atoms with E-state index in [0.29, 0.717) is 0 Å². The highest BCUT2D eigenvalue weighted by molar-refractivity contribution is 7.99. The first kappa shape index (κ1) is 14.7. The molecular formula is C15H30N2S. The number of nitrogens with zero attached hydrogens (tertiary/aromatic N) is 1. The summed E-state index contributed by atoms with van der Waals surface area (Å²) in [5, 5.41) is 3.80. The molecule has 0 bridgehead atoms. The molecule has 2 fully saturated rings. The molecule has 0 aromatic rings. The monoisotopic (exact) mass is 270 g/mol. The van der Waals surface area contributed by atoms with Crippen LogP contribution in [0.15, 0.2) is 0 Å². The Morgan fingerprint density at radius 1 is 1.22 bits per heavy atom. The minimum absolute atomic E-state index is 0.788. The second-order valence-corrected chi connectivity index (χ2v) is 7.38. The van der Waals surface area contributed by atoms with Crippen LogP contribution in [0, 0.1) is 11.8 Å². The molecule has 0 amide bonds. The highest BCUT2D eigenvalue weighted by Gasteiger charge is 2.29. The van der Waals surface area contributed by atoms with Crippen molar-refractivity contribution in [2.24, 2.45) is 11.8 Å². The fourth-order valence-corrected chi connectivity index (χ4v) is 4.39. The van der Waals surface area contributed by atoms with Crippen molar-refractivity contribution in [2.75, 3.05) is 37.7 Å². The van der Waals surface area contributed by atoms with Gasteiger partial charge in [0, 0.05) is 37.2 Å². The number of thioether (sulfide) groups is 1. The summed E-state index contributed by atoms with van der Waals surface area (Å²) in [4.78, 5) is 2.71. The average Bonchev–Trinajstić information content (AvgIpc) is 2.39. The van der Waals surface area contributed by atoms with Crippen molar-refractivity contribution in [3.8, 4) is 0 Å². The van der Waals surface area contributed by atoms with Gasteiger partial charge in [-0.25, -0.2) is 0 Å². The second kappa shape index (κ2) is 7.76. The van der Waals surface area contributed by atoms with Gasteiger partial charge in [0.05, 0.1) is 0 Å². The van der Waals surface area contributed by atoms with Crippen LogP contribution >= 0.6 is 11.8 Å².